The molecule has 12 heteroatoms. The third-order valence-corrected chi connectivity index (χ3v) is 6.33. The highest BCUT2D eigenvalue weighted by Crippen LogP contribution is 2.23. The molecule has 3 aromatic rings. The standard InChI is InChI=1S/C29H38FN7O4/c1-18(2)14-20-21(30)16-31-24-15-19(32-26(20)24)17-37-13-9-11-23(28(37)40)33-27(39)22(34-29(41)36(5)6)10-7-8-12-25(38)35(3)4/h8-9,11-13,15-16,18,22,32H,7,10,14,17H2,1-6H3,(H,33,39)(H,34,41)/b12-8+. The largest absolute Gasteiger partial charge is 0.355 e. The lowest BCUT2D eigenvalue weighted by molar-refractivity contribution is -0.123. The van der Waals surface area contributed by atoms with E-state index in [0.29, 0.717) is 35.1 Å². The molecule has 220 valence electrons. The molecule has 0 fully saturated rings. The van der Waals surface area contributed by atoms with Crippen molar-refractivity contribution in [2.24, 2.45) is 5.92 Å². The molecule has 3 rings (SSSR count). The van der Waals surface area contributed by atoms with E-state index in [0.717, 1.165) is 0 Å². The van der Waals surface area contributed by atoms with E-state index >= 15 is 0 Å². The average Bonchev–Trinajstić information content (AvgIpc) is 3.32. The average molecular weight is 568 g/mol. The normalized spacial score (nSPS) is 12.1. The molecule has 0 aromatic carbocycles. The van der Waals surface area contributed by atoms with E-state index in [1.807, 2.05) is 13.8 Å². The number of likely N-dealkylation sites (N-methyl/N-ethyl adjacent to an activating group) is 1. The first kappa shape index (κ1) is 31.1. The molecule has 0 saturated heterocycles. The van der Waals surface area contributed by atoms with Crippen molar-refractivity contribution in [3.05, 3.63) is 70.2 Å². The van der Waals surface area contributed by atoms with E-state index in [9.17, 15) is 23.6 Å². The fourth-order valence-corrected chi connectivity index (χ4v) is 4.15. The zero-order chi connectivity index (χ0) is 30.3. The number of anilines is 1. The second-order valence-electron chi connectivity index (χ2n) is 10.7. The predicted molar refractivity (Wildman–Crippen MR) is 156 cm³/mol. The number of nitrogens with zero attached hydrogens (tertiary/aromatic N) is 4. The molecule has 41 heavy (non-hydrogen) atoms. The van der Waals surface area contributed by atoms with Gasteiger partial charge in [-0.15, -0.1) is 0 Å². The maximum atomic E-state index is 14.5. The molecule has 11 nitrogen and oxygen atoms in total. The molecule has 3 aromatic heterocycles. The van der Waals surface area contributed by atoms with Crippen molar-refractivity contribution < 1.29 is 18.8 Å². The lowest BCUT2D eigenvalue weighted by Gasteiger charge is -2.20. The Morgan fingerprint density at radius 3 is 2.56 bits per heavy atom. The highest BCUT2D eigenvalue weighted by atomic mass is 19.1. The number of amides is 4. The summed E-state index contributed by atoms with van der Waals surface area (Å²) in [5.74, 6) is -0.893. The van der Waals surface area contributed by atoms with Crippen molar-refractivity contribution in [3.63, 3.8) is 0 Å². The van der Waals surface area contributed by atoms with E-state index in [-0.39, 0.29) is 36.3 Å². The van der Waals surface area contributed by atoms with Crippen LogP contribution in [-0.4, -0.2) is 76.4 Å². The van der Waals surface area contributed by atoms with Crippen molar-refractivity contribution in [1.29, 1.82) is 0 Å². The number of hydrogen-bond donors (Lipinski definition) is 3. The van der Waals surface area contributed by atoms with Gasteiger partial charge in [-0.2, -0.15) is 0 Å². The van der Waals surface area contributed by atoms with E-state index in [2.05, 4.69) is 20.6 Å². The second kappa shape index (κ2) is 13.7. The number of pyridine rings is 2. The molecule has 3 N–H and O–H groups in total. The minimum absolute atomic E-state index is 0.0423. The van der Waals surface area contributed by atoms with Crippen molar-refractivity contribution in [2.75, 3.05) is 33.5 Å². The zero-order valence-corrected chi connectivity index (χ0v) is 24.3. The summed E-state index contributed by atoms with van der Waals surface area (Å²) in [6.07, 6.45) is 6.93. The number of hydrogen-bond acceptors (Lipinski definition) is 5. The molecular formula is C29H38FN7O4. The number of rotatable bonds is 11. The molecule has 0 bridgehead atoms. The van der Waals surface area contributed by atoms with Crippen molar-refractivity contribution in [2.45, 2.75) is 45.7 Å². The molecule has 0 radical (unpaired) electrons. The topological polar surface area (TPSA) is 132 Å². The van der Waals surface area contributed by atoms with Crippen molar-refractivity contribution in [3.8, 4) is 0 Å². The molecule has 0 aliphatic carbocycles. The third kappa shape index (κ3) is 8.26. The Labute approximate surface area is 238 Å². The van der Waals surface area contributed by atoms with Crippen LogP contribution in [0.4, 0.5) is 14.9 Å². The minimum Gasteiger partial charge on any atom is -0.355 e. The zero-order valence-electron chi connectivity index (χ0n) is 24.3. The van der Waals surface area contributed by atoms with E-state index < -0.39 is 23.5 Å². The van der Waals surface area contributed by atoms with Crippen LogP contribution in [0.25, 0.3) is 11.0 Å². The van der Waals surface area contributed by atoms with Crippen LogP contribution in [0, 0.1) is 11.7 Å². The number of halogens is 1. The molecule has 3 heterocycles. The first-order chi connectivity index (χ1) is 19.4. The van der Waals surface area contributed by atoms with Crippen LogP contribution in [0.15, 0.2) is 47.5 Å². The van der Waals surface area contributed by atoms with Crippen molar-refractivity contribution >= 4 is 34.6 Å². The summed E-state index contributed by atoms with van der Waals surface area (Å²) in [5, 5.41) is 5.29. The number of allylic oxidation sites excluding steroid dienone is 1. The van der Waals surface area contributed by atoms with E-state index in [4.69, 9.17) is 0 Å². The Morgan fingerprint density at radius 2 is 1.90 bits per heavy atom. The Morgan fingerprint density at radius 1 is 1.17 bits per heavy atom. The van der Waals surface area contributed by atoms with Crippen LogP contribution < -0.4 is 16.2 Å². The van der Waals surface area contributed by atoms with Gasteiger partial charge in [0.05, 0.1) is 23.8 Å². The van der Waals surface area contributed by atoms with Gasteiger partial charge in [0.2, 0.25) is 11.8 Å². The van der Waals surface area contributed by atoms with Gasteiger partial charge in [0.25, 0.3) is 5.56 Å². The third-order valence-electron chi connectivity index (χ3n) is 6.33. The fraction of sp³-hybridized carbons (Fsp3) is 0.414. The molecule has 4 amide bonds. The number of aromatic nitrogens is 3. The quantitative estimate of drug-likeness (QED) is 0.306. The number of fused-ring (bicyclic) bond motifs is 1. The number of aromatic amines is 1. The number of urea groups is 1. The highest BCUT2D eigenvalue weighted by molar-refractivity contribution is 5.96. The Bertz CT molecular complexity index is 1490. The van der Waals surface area contributed by atoms with E-state index in [1.165, 1.54) is 32.7 Å². The maximum absolute atomic E-state index is 14.5. The second-order valence-corrected chi connectivity index (χ2v) is 10.7. The maximum Gasteiger partial charge on any atom is 0.317 e. The van der Waals surface area contributed by atoms with Crippen LogP contribution in [0.1, 0.15) is 37.9 Å². The molecule has 0 aliphatic rings. The highest BCUT2D eigenvalue weighted by Gasteiger charge is 2.22. The van der Waals surface area contributed by atoms with Gasteiger partial charge >= 0.3 is 6.03 Å². The van der Waals surface area contributed by atoms with Gasteiger partial charge in [0.1, 0.15) is 17.5 Å². The first-order valence-electron chi connectivity index (χ1n) is 13.4. The summed E-state index contributed by atoms with van der Waals surface area (Å²) >= 11 is 0. The van der Waals surface area contributed by atoms with Crippen molar-refractivity contribution in [1.82, 2.24) is 29.7 Å². The van der Waals surface area contributed by atoms with Gasteiger partial charge in [-0.25, -0.2) is 9.18 Å². The van der Waals surface area contributed by atoms with Crippen LogP contribution in [0.3, 0.4) is 0 Å². The van der Waals surface area contributed by atoms with Gasteiger partial charge in [0.15, 0.2) is 0 Å². The number of carbonyl (C=O) groups is 3. The van der Waals surface area contributed by atoms with Crippen LogP contribution >= 0.6 is 0 Å². The number of H-pyrrole nitrogens is 1. The number of nitrogens with one attached hydrogen (secondary N) is 3. The summed E-state index contributed by atoms with van der Waals surface area (Å²) in [4.78, 5) is 60.6. The van der Waals surface area contributed by atoms with Gasteiger partial charge in [-0.1, -0.05) is 19.9 Å². The van der Waals surface area contributed by atoms with Crippen LogP contribution in [0.2, 0.25) is 0 Å². The monoisotopic (exact) mass is 567 g/mol. The minimum atomic E-state index is -0.953. The number of carbonyl (C=O) groups excluding carboxylic acids is 3. The molecule has 0 saturated carbocycles. The van der Waals surface area contributed by atoms with Gasteiger partial charge in [-0.05, 0) is 49.5 Å². The smallest absolute Gasteiger partial charge is 0.317 e. The lowest BCUT2D eigenvalue weighted by atomic mass is 10.0. The summed E-state index contributed by atoms with van der Waals surface area (Å²) in [7, 11) is 6.36. The lowest BCUT2D eigenvalue weighted by Crippen LogP contribution is -2.48. The fourth-order valence-electron chi connectivity index (χ4n) is 4.15. The Hall–Kier alpha value is -4.48. The SMILES string of the molecule is CC(C)Cc1c(F)cnc2cc(Cn3cccc(NC(=O)C(CC/C=C/C(=O)N(C)C)NC(=O)N(C)C)c3=O)[nH]c12. The van der Waals surface area contributed by atoms with Crippen LogP contribution in [-0.2, 0) is 22.6 Å². The molecule has 0 aliphatic heterocycles. The van der Waals surface area contributed by atoms with Gasteiger partial charge in [-0.3, -0.25) is 19.4 Å². The summed E-state index contributed by atoms with van der Waals surface area (Å²) < 4.78 is 15.9. The summed E-state index contributed by atoms with van der Waals surface area (Å²) in [5.41, 5.74) is 2.01. The van der Waals surface area contributed by atoms with Crippen LogP contribution in [0.5, 0.6) is 0 Å². The molecule has 1 unspecified atom stereocenters. The Kier molecular flexibility index (Phi) is 10.4. The Balaban J connectivity index is 1.79. The molecule has 1 atom stereocenters. The van der Waals surface area contributed by atoms with Gasteiger partial charge < -0.3 is 30.0 Å². The first-order valence-corrected chi connectivity index (χ1v) is 13.4. The molecular weight excluding hydrogens is 529 g/mol. The molecule has 0 spiro atoms. The summed E-state index contributed by atoms with van der Waals surface area (Å²) in [6.45, 7) is 4.16. The predicted octanol–water partition coefficient (Wildman–Crippen LogP) is 3.11. The summed E-state index contributed by atoms with van der Waals surface area (Å²) in [6, 6.07) is 3.47. The van der Waals surface area contributed by atoms with E-state index in [1.54, 1.807) is 52.6 Å². The van der Waals surface area contributed by atoms with Gasteiger partial charge in [0, 0.05) is 45.6 Å².